The van der Waals surface area contributed by atoms with Crippen LogP contribution in [0.2, 0.25) is 0 Å². The number of rotatable bonds is 3. The van der Waals surface area contributed by atoms with E-state index in [0.29, 0.717) is 15.2 Å². The van der Waals surface area contributed by atoms with E-state index in [9.17, 15) is 4.79 Å². The fourth-order valence-electron chi connectivity index (χ4n) is 0.959. The van der Waals surface area contributed by atoms with Crippen molar-refractivity contribution in [3.8, 4) is 0 Å². The van der Waals surface area contributed by atoms with Crippen LogP contribution in [0.1, 0.15) is 16.2 Å². The predicted octanol–water partition coefficient (Wildman–Crippen LogP) is 1.49. The minimum Gasteiger partial charge on any atom is -0.478 e. The first-order chi connectivity index (χ1) is 7.66. The van der Waals surface area contributed by atoms with Gasteiger partial charge in [-0.05, 0) is 36.3 Å². The molecule has 0 spiro atoms. The molecule has 1 N–H and O–H groups in total. The first-order valence-corrected chi connectivity index (χ1v) is 5.79. The lowest BCUT2D eigenvalue weighted by Gasteiger charge is -1.99. The Morgan fingerprint density at radius 3 is 3.00 bits per heavy atom. The van der Waals surface area contributed by atoms with Crippen molar-refractivity contribution in [3.63, 3.8) is 0 Å². The van der Waals surface area contributed by atoms with Gasteiger partial charge in [0.15, 0.2) is 4.34 Å². The molecule has 0 radical (unpaired) electrons. The van der Waals surface area contributed by atoms with Gasteiger partial charge >= 0.3 is 5.97 Å². The SMILES string of the molecule is Cc1nsc(Sc2nnccc2C(=O)O)n1. The Kier molecular flexibility index (Phi) is 3.11. The van der Waals surface area contributed by atoms with Gasteiger partial charge < -0.3 is 5.11 Å². The van der Waals surface area contributed by atoms with Crippen LogP contribution >= 0.6 is 23.3 Å². The standard InChI is InChI=1S/C8H6N4O2S2/c1-4-10-8(16-12-4)15-6-5(7(13)14)2-3-9-11-6/h2-3H,1H3,(H,13,14). The van der Waals surface area contributed by atoms with E-state index in [-0.39, 0.29) is 5.56 Å². The first kappa shape index (κ1) is 11.0. The Labute approximate surface area is 98.9 Å². The summed E-state index contributed by atoms with van der Waals surface area (Å²) in [4.78, 5) is 15.0. The van der Waals surface area contributed by atoms with E-state index in [0.717, 1.165) is 11.8 Å². The van der Waals surface area contributed by atoms with Crippen molar-refractivity contribution < 1.29 is 9.90 Å². The maximum absolute atomic E-state index is 10.9. The van der Waals surface area contributed by atoms with Crippen LogP contribution in [-0.4, -0.2) is 30.6 Å². The minimum atomic E-state index is -1.03. The van der Waals surface area contributed by atoms with Gasteiger partial charge in [-0.2, -0.15) is 9.47 Å². The van der Waals surface area contributed by atoms with E-state index >= 15 is 0 Å². The molecule has 0 aliphatic heterocycles. The summed E-state index contributed by atoms with van der Waals surface area (Å²) in [5.41, 5.74) is 0.118. The molecule has 2 rings (SSSR count). The molecule has 0 aliphatic rings. The molecule has 16 heavy (non-hydrogen) atoms. The van der Waals surface area contributed by atoms with Gasteiger partial charge in [0, 0.05) is 0 Å². The number of hydrogen-bond acceptors (Lipinski definition) is 7. The molecule has 2 heterocycles. The number of hydrogen-bond donors (Lipinski definition) is 1. The Morgan fingerprint density at radius 2 is 2.38 bits per heavy atom. The summed E-state index contributed by atoms with van der Waals surface area (Å²) < 4.78 is 4.65. The molecule has 0 fully saturated rings. The van der Waals surface area contributed by atoms with Crippen molar-refractivity contribution >= 4 is 29.3 Å². The van der Waals surface area contributed by atoms with Crippen LogP contribution in [0.15, 0.2) is 21.6 Å². The second-order valence-electron chi connectivity index (χ2n) is 2.76. The third-order valence-corrected chi connectivity index (χ3v) is 3.45. The van der Waals surface area contributed by atoms with E-state index in [4.69, 9.17) is 5.11 Å². The molecule has 0 unspecified atom stereocenters. The quantitative estimate of drug-likeness (QED) is 0.887. The predicted molar refractivity (Wildman–Crippen MR) is 57.8 cm³/mol. The molecular weight excluding hydrogens is 248 g/mol. The minimum absolute atomic E-state index is 0.118. The molecule has 0 aromatic carbocycles. The maximum atomic E-state index is 10.9. The lowest BCUT2D eigenvalue weighted by molar-refractivity contribution is 0.0692. The summed E-state index contributed by atoms with van der Waals surface area (Å²) in [6.45, 7) is 1.77. The van der Waals surface area contributed by atoms with E-state index in [1.54, 1.807) is 6.92 Å². The summed E-state index contributed by atoms with van der Waals surface area (Å²) in [6.07, 6.45) is 1.35. The molecule has 0 saturated carbocycles. The van der Waals surface area contributed by atoms with Crippen LogP contribution in [0.3, 0.4) is 0 Å². The topological polar surface area (TPSA) is 88.9 Å². The molecule has 6 nitrogen and oxygen atoms in total. The largest absolute Gasteiger partial charge is 0.478 e. The third-order valence-electron chi connectivity index (χ3n) is 1.61. The van der Waals surface area contributed by atoms with E-state index in [2.05, 4.69) is 19.6 Å². The average Bonchev–Trinajstić information content (AvgIpc) is 2.64. The highest BCUT2D eigenvalue weighted by Crippen LogP contribution is 2.29. The van der Waals surface area contributed by atoms with Crippen molar-refractivity contribution in [1.29, 1.82) is 0 Å². The van der Waals surface area contributed by atoms with Gasteiger partial charge in [0.05, 0.1) is 11.8 Å². The summed E-state index contributed by atoms with van der Waals surface area (Å²) in [6, 6.07) is 1.41. The number of carboxylic acid groups (broad SMARTS) is 1. The van der Waals surface area contributed by atoms with Crippen LogP contribution < -0.4 is 0 Å². The smallest absolute Gasteiger partial charge is 0.338 e. The van der Waals surface area contributed by atoms with Gasteiger partial charge in [0.1, 0.15) is 10.9 Å². The molecule has 2 aromatic rings. The monoisotopic (exact) mass is 254 g/mol. The second-order valence-corrected chi connectivity index (χ2v) is 4.75. The molecule has 82 valence electrons. The fraction of sp³-hybridized carbons (Fsp3) is 0.125. The zero-order chi connectivity index (χ0) is 11.5. The van der Waals surface area contributed by atoms with E-state index in [1.807, 2.05) is 0 Å². The lowest BCUT2D eigenvalue weighted by atomic mass is 10.3. The molecule has 2 aromatic heterocycles. The molecule has 0 atom stereocenters. The molecule has 0 aliphatic carbocycles. The van der Waals surface area contributed by atoms with E-state index < -0.39 is 5.97 Å². The Balaban J connectivity index is 2.31. The highest BCUT2D eigenvalue weighted by atomic mass is 32.2. The summed E-state index contributed by atoms with van der Waals surface area (Å²) >= 11 is 2.36. The Morgan fingerprint density at radius 1 is 1.56 bits per heavy atom. The Bertz CT molecular complexity index is 528. The van der Waals surface area contributed by atoms with Crippen molar-refractivity contribution in [1.82, 2.24) is 19.6 Å². The first-order valence-electron chi connectivity index (χ1n) is 4.20. The number of aromatic carboxylic acids is 1. The van der Waals surface area contributed by atoms with Crippen LogP contribution in [0.25, 0.3) is 0 Å². The number of carboxylic acids is 1. The van der Waals surface area contributed by atoms with Gasteiger partial charge in [-0.15, -0.1) is 5.10 Å². The normalized spacial score (nSPS) is 10.3. The highest BCUT2D eigenvalue weighted by molar-refractivity contribution is 8.01. The van der Waals surface area contributed by atoms with Gasteiger partial charge in [-0.3, -0.25) is 0 Å². The van der Waals surface area contributed by atoms with Gasteiger partial charge in [0.2, 0.25) is 0 Å². The van der Waals surface area contributed by atoms with Gasteiger partial charge in [0.25, 0.3) is 0 Å². The van der Waals surface area contributed by atoms with Crippen LogP contribution in [0, 0.1) is 6.92 Å². The summed E-state index contributed by atoms with van der Waals surface area (Å²) in [5.74, 6) is -0.369. The molecule has 0 saturated heterocycles. The van der Waals surface area contributed by atoms with Crippen LogP contribution in [0.4, 0.5) is 0 Å². The molecule has 0 amide bonds. The second kappa shape index (κ2) is 4.54. The lowest BCUT2D eigenvalue weighted by Crippen LogP contribution is -2.01. The number of nitrogens with zero attached hydrogens (tertiary/aromatic N) is 4. The maximum Gasteiger partial charge on any atom is 0.338 e. The summed E-state index contributed by atoms with van der Waals surface area (Å²) in [5, 5.41) is 16.7. The van der Waals surface area contributed by atoms with Crippen molar-refractivity contribution in [3.05, 3.63) is 23.7 Å². The molecule has 8 heteroatoms. The zero-order valence-corrected chi connectivity index (χ0v) is 9.75. The molecular formula is C8H6N4O2S2. The van der Waals surface area contributed by atoms with E-state index in [1.165, 1.54) is 23.8 Å². The number of aromatic nitrogens is 4. The Hall–Kier alpha value is -1.54. The van der Waals surface area contributed by atoms with Crippen LogP contribution in [0.5, 0.6) is 0 Å². The average molecular weight is 254 g/mol. The van der Waals surface area contributed by atoms with Crippen molar-refractivity contribution in [2.24, 2.45) is 0 Å². The number of carbonyl (C=O) groups is 1. The number of aryl methyl sites for hydroxylation is 1. The summed E-state index contributed by atoms with van der Waals surface area (Å²) in [7, 11) is 0. The van der Waals surface area contributed by atoms with Crippen molar-refractivity contribution in [2.45, 2.75) is 16.3 Å². The van der Waals surface area contributed by atoms with Gasteiger partial charge in [-0.1, -0.05) is 0 Å². The van der Waals surface area contributed by atoms with Crippen LogP contribution in [-0.2, 0) is 0 Å². The zero-order valence-electron chi connectivity index (χ0n) is 8.12. The van der Waals surface area contributed by atoms with Crippen molar-refractivity contribution in [2.75, 3.05) is 0 Å². The van der Waals surface area contributed by atoms with Gasteiger partial charge in [-0.25, -0.2) is 9.78 Å². The molecule has 0 bridgehead atoms. The third kappa shape index (κ3) is 2.34. The fourth-order valence-corrected chi connectivity index (χ4v) is 2.58. The highest BCUT2D eigenvalue weighted by Gasteiger charge is 2.14.